The van der Waals surface area contributed by atoms with Crippen molar-refractivity contribution in [2.24, 2.45) is 11.1 Å². The first-order chi connectivity index (χ1) is 8.81. The van der Waals surface area contributed by atoms with Crippen LogP contribution in [0.1, 0.15) is 58.8 Å². The Kier molecular flexibility index (Phi) is 5.35. The van der Waals surface area contributed by atoms with E-state index in [0.717, 1.165) is 32.1 Å². The molecule has 0 aromatic carbocycles. The van der Waals surface area contributed by atoms with Crippen LogP contribution in [0.4, 0.5) is 0 Å². The van der Waals surface area contributed by atoms with E-state index in [0.29, 0.717) is 13.0 Å². The van der Waals surface area contributed by atoms with Crippen molar-refractivity contribution in [2.45, 2.75) is 64.3 Å². The van der Waals surface area contributed by atoms with Crippen molar-refractivity contribution >= 4 is 11.9 Å². The summed E-state index contributed by atoms with van der Waals surface area (Å²) in [6.45, 7) is 4.09. The molecule has 1 aliphatic carbocycles. The number of aliphatic carboxylic acids is 1. The summed E-state index contributed by atoms with van der Waals surface area (Å²) in [7, 11) is 0. The summed E-state index contributed by atoms with van der Waals surface area (Å²) in [6, 6.07) is 0. The largest absolute Gasteiger partial charge is 0.481 e. The first-order valence-electron chi connectivity index (χ1n) is 7.06. The second-order valence-electron chi connectivity index (χ2n) is 6.28. The van der Waals surface area contributed by atoms with Crippen molar-refractivity contribution in [1.29, 1.82) is 0 Å². The Morgan fingerprint density at radius 2 is 1.84 bits per heavy atom. The first-order valence-corrected chi connectivity index (χ1v) is 7.06. The van der Waals surface area contributed by atoms with Gasteiger partial charge in [0.2, 0.25) is 5.91 Å². The second kappa shape index (κ2) is 6.37. The number of carbonyl (C=O) groups excluding carboxylic acids is 1. The third-order valence-corrected chi connectivity index (χ3v) is 4.10. The predicted molar refractivity (Wildman–Crippen MR) is 73.7 cm³/mol. The minimum atomic E-state index is -0.839. The molecular formula is C14H26N2O3. The van der Waals surface area contributed by atoms with E-state index in [1.165, 1.54) is 0 Å². The van der Waals surface area contributed by atoms with Crippen molar-refractivity contribution in [2.75, 3.05) is 6.54 Å². The number of nitrogens with two attached hydrogens (primary N) is 1. The van der Waals surface area contributed by atoms with Crippen LogP contribution in [0.5, 0.6) is 0 Å². The van der Waals surface area contributed by atoms with Crippen LogP contribution in [-0.4, -0.2) is 29.1 Å². The van der Waals surface area contributed by atoms with Crippen LogP contribution in [0.2, 0.25) is 0 Å². The number of carboxylic acids is 1. The Balaban J connectivity index is 2.63. The minimum absolute atomic E-state index is 0.00918. The predicted octanol–water partition coefficient (Wildman–Crippen LogP) is 1.66. The lowest BCUT2D eigenvalue weighted by molar-refractivity contribution is -0.139. The van der Waals surface area contributed by atoms with E-state index in [-0.39, 0.29) is 12.3 Å². The fourth-order valence-electron chi connectivity index (χ4n) is 2.67. The maximum Gasteiger partial charge on any atom is 0.303 e. The number of carbonyl (C=O) groups is 2. The van der Waals surface area contributed by atoms with E-state index in [2.05, 4.69) is 5.32 Å². The third-order valence-electron chi connectivity index (χ3n) is 4.10. The molecule has 4 N–H and O–H groups in total. The number of rotatable bonds is 6. The average molecular weight is 270 g/mol. The molecule has 0 atom stereocenters. The van der Waals surface area contributed by atoms with Gasteiger partial charge in [0.25, 0.3) is 0 Å². The maximum absolute atomic E-state index is 12.5. The summed E-state index contributed by atoms with van der Waals surface area (Å²) in [5.41, 5.74) is 4.87. The molecule has 0 bridgehead atoms. The molecule has 0 heterocycles. The molecule has 1 amide bonds. The molecule has 110 valence electrons. The van der Waals surface area contributed by atoms with Crippen molar-refractivity contribution in [3.8, 4) is 0 Å². The molecule has 0 radical (unpaired) electrons. The monoisotopic (exact) mass is 270 g/mol. The molecule has 5 nitrogen and oxygen atoms in total. The standard InChI is InChI=1S/C14H26N2O3/c1-13(2,9-6-11(17)18)16-12(19)14(10-15)7-4-3-5-8-14/h3-10,15H2,1-2H3,(H,16,19)(H,17,18). The molecular weight excluding hydrogens is 244 g/mol. The highest BCUT2D eigenvalue weighted by molar-refractivity contribution is 5.83. The van der Waals surface area contributed by atoms with Gasteiger partial charge in [0.1, 0.15) is 0 Å². The van der Waals surface area contributed by atoms with Gasteiger partial charge in [-0.15, -0.1) is 0 Å². The highest BCUT2D eigenvalue weighted by atomic mass is 16.4. The summed E-state index contributed by atoms with van der Waals surface area (Å²) in [5, 5.41) is 11.7. The molecule has 1 fully saturated rings. The lowest BCUT2D eigenvalue weighted by Gasteiger charge is -2.38. The average Bonchev–Trinajstić information content (AvgIpc) is 2.37. The summed E-state index contributed by atoms with van der Waals surface area (Å²) in [4.78, 5) is 23.1. The topological polar surface area (TPSA) is 92.4 Å². The normalized spacial score (nSPS) is 18.9. The van der Waals surface area contributed by atoms with Gasteiger partial charge in [-0.2, -0.15) is 0 Å². The van der Waals surface area contributed by atoms with Gasteiger partial charge in [-0.1, -0.05) is 19.3 Å². The van der Waals surface area contributed by atoms with Crippen molar-refractivity contribution < 1.29 is 14.7 Å². The number of amides is 1. The Hall–Kier alpha value is -1.10. The van der Waals surface area contributed by atoms with Crippen LogP contribution in [0.25, 0.3) is 0 Å². The fraction of sp³-hybridized carbons (Fsp3) is 0.857. The Labute approximate surface area is 114 Å². The zero-order chi connectivity index (χ0) is 14.5. The van der Waals surface area contributed by atoms with Crippen molar-refractivity contribution in [3.63, 3.8) is 0 Å². The zero-order valence-electron chi connectivity index (χ0n) is 12.0. The SMILES string of the molecule is CC(C)(CCC(=O)O)NC(=O)C1(CN)CCCCC1. The summed E-state index contributed by atoms with van der Waals surface area (Å²) in [5.74, 6) is -0.849. The third kappa shape index (κ3) is 4.49. The number of nitrogens with one attached hydrogen (secondary N) is 1. The van der Waals surface area contributed by atoms with Crippen LogP contribution < -0.4 is 11.1 Å². The van der Waals surface area contributed by atoms with E-state index in [1.54, 1.807) is 0 Å². The van der Waals surface area contributed by atoms with E-state index >= 15 is 0 Å². The molecule has 1 aliphatic rings. The molecule has 1 rings (SSSR count). The lowest BCUT2D eigenvalue weighted by atomic mass is 9.73. The smallest absolute Gasteiger partial charge is 0.303 e. The number of hydrogen-bond donors (Lipinski definition) is 3. The molecule has 1 saturated carbocycles. The number of carboxylic acid groups (broad SMARTS) is 1. The maximum atomic E-state index is 12.5. The highest BCUT2D eigenvalue weighted by Gasteiger charge is 2.40. The molecule has 0 aromatic heterocycles. The van der Waals surface area contributed by atoms with Crippen LogP contribution in [0.3, 0.4) is 0 Å². The van der Waals surface area contributed by atoms with Crippen molar-refractivity contribution in [3.05, 3.63) is 0 Å². The highest BCUT2D eigenvalue weighted by Crippen LogP contribution is 2.36. The van der Waals surface area contributed by atoms with Gasteiger partial charge in [0.15, 0.2) is 0 Å². The zero-order valence-corrected chi connectivity index (χ0v) is 12.0. The Morgan fingerprint density at radius 3 is 2.32 bits per heavy atom. The molecule has 0 unspecified atom stereocenters. The molecule has 0 aromatic rings. The fourth-order valence-corrected chi connectivity index (χ4v) is 2.67. The van der Waals surface area contributed by atoms with Gasteiger partial charge >= 0.3 is 5.97 Å². The van der Waals surface area contributed by atoms with E-state index in [1.807, 2.05) is 13.8 Å². The molecule has 5 heteroatoms. The van der Waals surface area contributed by atoms with E-state index < -0.39 is 16.9 Å². The first kappa shape index (κ1) is 16.0. The van der Waals surface area contributed by atoms with Crippen LogP contribution in [0, 0.1) is 5.41 Å². The molecule has 0 spiro atoms. The van der Waals surface area contributed by atoms with Gasteiger partial charge in [-0.25, -0.2) is 0 Å². The molecule has 19 heavy (non-hydrogen) atoms. The van der Waals surface area contributed by atoms with Gasteiger partial charge in [0, 0.05) is 18.5 Å². The summed E-state index contributed by atoms with van der Waals surface area (Å²) in [6.07, 6.45) is 5.41. The van der Waals surface area contributed by atoms with E-state index in [9.17, 15) is 9.59 Å². The van der Waals surface area contributed by atoms with Crippen LogP contribution in [0.15, 0.2) is 0 Å². The second-order valence-corrected chi connectivity index (χ2v) is 6.28. The Morgan fingerprint density at radius 1 is 1.26 bits per heavy atom. The van der Waals surface area contributed by atoms with Crippen LogP contribution in [-0.2, 0) is 9.59 Å². The lowest BCUT2D eigenvalue weighted by Crippen LogP contribution is -2.53. The quantitative estimate of drug-likeness (QED) is 0.684. The van der Waals surface area contributed by atoms with E-state index in [4.69, 9.17) is 10.8 Å². The summed E-state index contributed by atoms with van der Waals surface area (Å²) < 4.78 is 0. The summed E-state index contributed by atoms with van der Waals surface area (Å²) >= 11 is 0. The molecule has 0 aliphatic heterocycles. The van der Waals surface area contributed by atoms with Crippen LogP contribution >= 0.6 is 0 Å². The molecule has 0 saturated heterocycles. The van der Waals surface area contributed by atoms with Gasteiger partial charge in [0.05, 0.1) is 5.41 Å². The van der Waals surface area contributed by atoms with Gasteiger partial charge < -0.3 is 16.2 Å². The van der Waals surface area contributed by atoms with Crippen molar-refractivity contribution in [1.82, 2.24) is 5.32 Å². The Bertz CT molecular complexity index is 334. The minimum Gasteiger partial charge on any atom is -0.481 e. The number of hydrogen-bond acceptors (Lipinski definition) is 3. The van der Waals surface area contributed by atoms with Gasteiger partial charge in [-0.05, 0) is 33.1 Å². The van der Waals surface area contributed by atoms with Gasteiger partial charge in [-0.3, -0.25) is 9.59 Å².